The first-order chi connectivity index (χ1) is 8.06. The van der Waals surface area contributed by atoms with Gasteiger partial charge in [-0.3, -0.25) is 4.68 Å². The van der Waals surface area contributed by atoms with E-state index < -0.39 is 6.04 Å². The molecule has 0 aliphatic rings. The maximum Gasteiger partial charge on any atom is 0.129 e. The summed E-state index contributed by atoms with van der Waals surface area (Å²) in [6.07, 6.45) is 2.33. The number of aromatic nitrogens is 2. The Labute approximate surface area is 104 Å². The minimum Gasteiger partial charge on any atom is -0.324 e. The number of halogens is 2. The van der Waals surface area contributed by atoms with Crippen molar-refractivity contribution in [3.8, 4) is 0 Å². The quantitative estimate of drug-likeness (QED) is 0.913. The van der Waals surface area contributed by atoms with Crippen LogP contribution in [0.15, 0.2) is 30.5 Å². The van der Waals surface area contributed by atoms with E-state index in [1.54, 1.807) is 16.8 Å². The van der Waals surface area contributed by atoms with E-state index in [1.807, 2.05) is 19.3 Å². The van der Waals surface area contributed by atoms with E-state index in [4.69, 9.17) is 17.3 Å². The first kappa shape index (κ1) is 12.1. The van der Waals surface area contributed by atoms with Gasteiger partial charge in [0.15, 0.2) is 0 Å². The maximum atomic E-state index is 13.6. The molecule has 1 aromatic heterocycles. The Bertz CT molecular complexity index is 524. The van der Waals surface area contributed by atoms with Crippen LogP contribution in [0.5, 0.6) is 0 Å². The van der Waals surface area contributed by atoms with Crippen molar-refractivity contribution in [3.63, 3.8) is 0 Å². The second-order valence-electron chi connectivity index (χ2n) is 3.96. The number of nitrogens with zero attached hydrogens (tertiary/aromatic N) is 2. The number of rotatable bonds is 3. The minimum absolute atomic E-state index is 0.372. The molecule has 0 saturated heterocycles. The third kappa shape index (κ3) is 2.84. The van der Waals surface area contributed by atoms with E-state index in [-0.39, 0.29) is 5.82 Å². The molecule has 17 heavy (non-hydrogen) atoms. The molecule has 0 radical (unpaired) electrons. The summed E-state index contributed by atoms with van der Waals surface area (Å²) >= 11 is 5.69. The van der Waals surface area contributed by atoms with E-state index in [1.165, 1.54) is 6.07 Å². The molecule has 0 aliphatic heterocycles. The summed E-state index contributed by atoms with van der Waals surface area (Å²) in [5.41, 5.74) is 7.26. The molecule has 1 atom stereocenters. The van der Waals surface area contributed by atoms with Crippen molar-refractivity contribution in [3.05, 3.63) is 52.6 Å². The summed E-state index contributed by atoms with van der Waals surface area (Å²) in [5, 5.41) is 4.58. The molecule has 1 heterocycles. The standard InChI is InChI=1S/C12H13ClFN3/c1-17-5-4-9(16-17)7-12(15)10-3-2-8(13)6-11(10)14/h2-6,12H,7,15H2,1H3. The second-order valence-corrected chi connectivity index (χ2v) is 4.39. The maximum absolute atomic E-state index is 13.6. The molecule has 2 rings (SSSR count). The molecular weight excluding hydrogens is 241 g/mol. The average molecular weight is 254 g/mol. The Morgan fingerprint density at radius 2 is 2.24 bits per heavy atom. The van der Waals surface area contributed by atoms with Crippen LogP contribution in [0.1, 0.15) is 17.3 Å². The van der Waals surface area contributed by atoms with Gasteiger partial charge in [-0.25, -0.2) is 4.39 Å². The summed E-state index contributed by atoms with van der Waals surface area (Å²) < 4.78 is 15.3. The van der Waals surface area contributed by atoms with E-state index in [9.17, 15) is 4.39 Å². The summed E-state index contributed by atoms with van der Waals surface area (Å²) in [5.74, 6) is -0.374. The van der Waals surface area contributed by atoms with Crippen LogP contribution in [-0.4, -0.2) is 9.78 Å². The van der Waals surface area contributed by atoms with Crippen LogP contribution < -0.4 is 5.73 Å². The first-order valence-corrected chi connectivity index (χ1v) is 5.63. The van der Waals surface area contributed by atoms with Gasteiger partial charge >= 0.3 is 0 Å². The van der Waals surface area contributed by atoms with E-state index in [0.29, 0.717) is 17.0 Å². The van der Waals surface area contributed by atoms with Crippen molar-refractivity contribution in [1.29, 1.82) is 0 Å². The van der Waals surface area contributed by atoms with Gasteiger partial charge in [-0.05, 0) is 18.2 Å². The van der Waals surface area contributed by atoms with Gasteiger partial charge in [-0.2, -0.15) is 5.10 Å². The number of aryl methyl sites for hydroxylation is 1. The molecule has 1 unspecified atom stereocenters. The number of benzene rings is 1. The molecule has 0 saturated carbocycles. The predicted octanol–water partition coefficient (Wildman–Crippen LogP) is 2.46. The largest absolute Gasteiger partial charge is 0.324 e. The topological polar surface area (TPSA) is 43.8 Å². The zero-order valence-electron chi connectivity index (χ0n) is 9.40. The first-order valence-electron chi connectivity index (χ1n) is 5.25. The lowest BCUT2D eigenvalue weighted by Gasteiger charge is -2.11. The van der Waals surface area contributed by atoms with E-state index in [0.717, 1.165) is 5.69 Å². The predicted molar refractivity (Wildman–Crippen MR) is 65.3 cm³/mol. The molecule has 3 nitrogen and oxygen atoms in total. The second kappa shape index (κ2) is 4.85. The van der Waals surface area contributed by atoms with Gasteiger partial charge in [-0.15, -0.1) is 0 Å². The monoisotopic (exact) mass is 253 g/mol. The normalized spacial score (nSPS) is 12.7. The molecule has 90 valence electrons. The molecule has 2 aromatic rings. The highest BCUT2D eigenvalue weighted by Crippen LogP contribution is 2.21. The summed E-state index contributed by atoms with van der Waals surface area (Å²) in [6, 6.07) is 5.98. The smallest absolute Gasteiger partial charge is 0.129 e. The number of hydrogen-bond acceptors (Lipinski definition) is 2. The van der Waals surface area contributed by atoms with Crippen LogP contribution in [0.4, 0.5) is 4.39 Å². The summed E-state index contributed by atoms with van der Waals surface area (Å²) in [4.78, 5) is 0. The fourth-order valence-corrected chi connectivity index (χ4v) is 1.87. The van der Waals surface area contributed by atoms with Crippen LogP contribution >= 0.6 is 11.6 Å². The van der Waals surface area contributed by atoms with E-state index >= 15 is 0 Å². The minimum atomic E-state index is -0.415. The molecule has 5 heteroatoms. The summed E-state index contributed by atoms with van der Waals surface area (Å²) in [7, 11) is 1.83. The highest BCUT2D eigenvalue weighted by atomic mass is 35.5. The molecule has 0 fully saturated rings. The number of nitrogens with two attached hydrogens (primary N) is 1. The van der Waals surface area contributed by atoms with Gasteiger partial charge in [0.05, 0.1) is 5.69 Å². The Balaban J connectivity index is 2.17. The zero-order valence-corrected chi connectivity index (χ0v) is 10.2. The zero-order chi connectivity index (χ0) is 12.4. The van der Waals surface area contributed by atoms with Gasteiger partial charge in [-0.1, -0.05) is 17.7 Å². The van der Waals surface area contributed by atoms with Gasteiger partial charge in [0.25, 0.3) is 0 Å². The molecule has 0 bridgehead atoms. The average Bonchev–Trinajstić information content (AvgIpc) is 2.63. The Morgan fingerprint density at radius 3 is 2.82 bits per heavy atom. The fourth-order valence-electron chi connectivity index (χ4n) is 1.71. The van der Waals surface area contributed by atoms with Crippen molar-refractivity contribution in [2.24, 2.45) is 12.8 Å². The van der Waals surface area contributed by atoms with Gasteiger partial charge in [0.1, 0.15) is 5.82 Å². The molecule has 0 spiro atoms. The SMILES string of the molecule is Cn1ccc(CC(N)c2ccc(Cl)cc2F)n1. The summed E-state index contributed by atoms with van der Waals surface area (Å²) in [6.45, 7) is 0. The highest BCUT2D eigenvalue weighted by Gasteiger charge is 2.13. The van der Waals surface area contributed by atoms with Crippen molar-refractivity contribution in [1.82, 2.24) is 9.78 Å². The molecule has 1 aromatic carbocycles. The van der Waals surface area contributed by atoms with Crippen LogP contribution in [0.2, 0.25) is 5.02 Å². The van der Waals surface area contributed by atoms with Gasteiger partial charge in [0.2, 0.25) is 0 Å². The Hall–Kier alpha value is -1.39. The van der Waals surface area contributed by atoms with Gasteiger partial charge in [0, 0.05) is 36.3 Å². The van der Waals surface area contributed by atoms with Crippen molar-refractivity contribution < 1.29 is 4.39 Å². The molecular formula is C12H13ClFN3. The van der Waals surface area contributed by atoms with E-state index in [2.05, 4.69) is 5.10 Å². The third-order valence-corrected chi connectivity index (χ3v) is 2.79. The fraction of sp³-hybridized carbons (Fsp3) is 0.250. The van der Waals surface area contributed by atoms with Crippen molar-refractivity contribution in [2.75, 3.05) is 0 Å². The lowest BCUT2D eigenvalue weighted by Crippen LogP contribution is -2.15. The molecule has 0 amide bonds. The van der Waals surface area contributed by atoms with Crippen LogP contribution in [0, 0.1) is 5.82 Å². The van der Waals surface area contributed by atoms with Gasteiger partial charge < -0.3 is 5.73 Å². The molecule has 2 N–H and O–H groups in total. The van der Waals surface area contributed by atoms with Crippen LogP contribution in [-0.2, 0) is 13.5 Å². The Morgan fingerprint density at radius 1 is 1.47 bits per heavy atom. The highest BCUT2D eigenvalue weighted by molar-refractivity contribution is 6.30. The van der Waals surface area contributed by atoms with Crippen LogP contribution in [0.25, 0.3) is 0 Å². The lowest BCUT2D eigenvalue weighted by molar-refractivity contribution is 0.576. The molecule has 0 aliphatic carbocycles. The third-order valence-electron chi connectivity index (χ3n) is 2.56. The van der Waals surface area contributed by atoms with Crippen molar-refractivity contribution >= 4 is 11.6 Å². The van der Waals surface area contributed by atoms with Crippen molar-refractivity contribution in [2.45, 2.75) is 12.5 Å². The van der Waals surface area contributed by atoms with Crippen LogP contribution in [0.3, 0.4) is 0 Å². The number of hydrogen-bond donors (Lipinski definition) is 1. The lowest BCUT2D eigenvalue weighted by atomic mass is 10.0. The Kier molecular flexibility index (Phi) is 3.45.